The third-order valence-electron chi connectivity index (χ3n) is 2.67. The van der Waals surface area contributed by atoms with Crippen LogP contribution >= 0.6 is 22.7 Å². The number of hydrogen-bond acceptors (Lipinski definition) is 7. The van der Waals surface area contributed by atoms with E-state index in [9.17, 15) is 0 Å². The SMILES string of the molecule is Cc1nc(N)sc1-c1nn2c(C(C)(C)C)nnc2s1. The van der Waals surface area contributed by atoms with Crippen molar-refractivity contribution in [1.82, 2.24) is 24.8 Å². The number of nitrogens with two attached hydrogens (primary N) is 1. The highest BCUT2D eigenvalue weighted by Gasteiger charge is 2.24. The lowest BCUT2D eigenvalue weighted by Gasteiger charge is -2.13. The van der Waals surface area contributed by atoms with Gasteiger partial charge in [0.15, 0.2) is 16.0 Å². The quantitative estimate of drug-likeness (QED) is 0.745. The number of anilines is 1. The summed E-state index contributed by atoms with van der Waals surface area (Å²) in [7, 11) is 0. The molecular formula is C11H14N6S2. The summed E-state index contributed by atoms with van der Waals surface area (Å²) in [5, 5.41) is 14.5. The van der Waals surface area contributed by atoms with Gasteiger partial charge >= 0.3 is 0 Å². The van der Waals surface area contributed by atoms with Crippen LogP contribution in [0.15, 0.2) is 0 Å². The summed E-state index contributed by atoms with van der Waals surface area (Å²) in [5.41, 5.74) is 6.55. The van der Waals surface area contributed by atoms with E-state index in [1.54, 1.807) is 0 Å². The van der Waals surface area contributed by atoms with Gasteiger partial charge in [0, 0.05) is 5.41 Å². The molecule has 0 unspecified atom stereocenters. The Hall–Kier alpha value is -1.54. The molecule has 3 rings (SSSR count). The van der Waals surface area contributed by atoms with E-state index in [0.717, 1.165) is 26.4 Å². The number of nitrogens with zero attached hydrogens (tertiary/aromatic N) is 5. The Labute approximate surface area is 118 Å². The second kappa shape index (κ2) is 3.97. The first kappa shape index (κ1) is 12.5. The number of nitrogen functional groups attached to an aromatic ring is 1. The number of aromatic nitrogens is 5. The number of fused-ring (bicyclic) bond motifs is 1. The summed E-state index contributed by atoms with van der Waals surface area (Å²) < 4.78 is 1.81. The van der Waals surface area contributed by atoms with Crippen LogP contribution < -0.4 is 5.73 Å². The summed E-state index contributed by atoms with van der Waals surface area (Å²) in [4.78, 5) is 6.04. The molecule has 0 aliphatic rings. The first-order chi connectivity index (χ1) is 8.86. The van der Waals surface area contributed by atoms with E-state index in [1.807, 2.05) is 11.4 Å². The fourth-order valence-electron chi connectivity index (χ4n) is 1.79. The Balaban J connectivity index is 2.18. The van der Waals surface area contributed by atoms with Crippen molar-refractivity contribution in [3.63, 3.8) is 0 Å². The van der Waals surface area contributed by atoms with Crippen molar-refractivity contribution >= 4 is 32.8 Å². The highest BCUT2D eigenvalue weighted by molar-refractivity contribution is 7.25. The molecular weight excluding hydrogens is 280 g/mol. The van der Waals surface area contributed by atoms with Crippen LogP contribution in [0.5, 0.6) is 0 Å². The number of aryl methyl sites for hydroxylation is 1. The molecule has 0 aliphatic carbocycles. The molecule has 0 spiro atoms. The fourth-order valence-corrected chi connectivity index (χ4v) is 3.59. The standard InChI is InChI=1S/C11H14N6S2/c1-5-6(18-9(12)13-5)7-16-17-8(11(2,3)4)14-15-10(17)19-7/h1-4H3,(H2,12,13). The number of rotatable bonds is 1. The van der Waals surface area contributed by atoms with Gasteiger partial charge in [-0.25, -0.2) is 4.98 Å². The molecule has 0 amide bonds. The number of thiazole rings is 1. The lowest BCUT2D eigenvalue weighted by atomic mass is 9.96. The molecule has 0 bridgehead atoms. The van der Waals surface area contributed by atoms with E-state index in [2.05, 4.69) is 41.1 Å². The van der Waals surface area contributed by atoms with E-state index in [4.69, 9.17) is 5.73 Å². The van der Waals surface area contributed by atoms with Crippen molar-refractivity contribution in [3.05, 3.63) is 11.5 Å². The fraction of sp³-hybridized carbons (Fsp3) is 0.455. The van der Waals surface area contributed by atoms with Crippen molar-refractivity contribution in [2.24, 2.45) is 0 Å². The van der Waals surface area contributed by atoms with E-state index in [-0.39, 0.29) is 5.41 Å². The van der Waals surface area contributed by atoms with E-state index in [1.165, 1.54) is 22.7 Å². The van der Waals surface area contributed by atoms with Crippen LogP contribution in [0.25, 0.3) is 14.8 Å². The van der Waals surface area contributed by atoms with Crippen LogP contribution in [-0.4, -0.2) is 24.8 Å². The zero-order valence-electron chi connectivity index (χ0n) is 11.1. The molecule has 0 fully saturated rings. The predicted octanol–water partition coefficient (Wildman–Crippen LogP) is 2.50. The summed E-state index contributed by atoms with van der Waals surface area (Å²) in [6.07, 6.45) is 0. The highest BCUT2D eigenvalue weighted by atomic mass is 32.1. The molecule has 0 aromatic carbocycles. The van der Waals surface area contributed by atoms with Gasteiger partial charge in [-0.3, -0.25) is 0 Å². The van der Waals surface area contributed by atoms with E-state index >= 15 is 0 Å². The minimum absolute atomic E-state index is 0.0907. The minimum Gasteiger partial charge on any atom is -0.375 e. The summed E-state index contributed by atoms with van der Waals surface area (Å²) in [6.45, 7) is 8.23. The molecule has 100 valence electrons. The molecule has 0 aliphatic heterocycles. The molecule has 3 aromatic heterocycles. The lowest BCUT2D eigenvalue weighted by Crippen LogP contribution is -2.16. The molecule has 0 atom stereocenters. The van der Waals surface area contributed by atoms with Gasteiger partial charge in [-0.15, -0.1) is 10.2 Å². The predicted molar refractivity (Wildman–Crippen MR) is 77.6 cm³/mol. The van der Waals surface area contributed by atoms with Gasteiger partial charge in [-0.2, -0.15) is 9.61 Å². The van der Waals surface area contributed by atoms with Crippen molar-refractivity contribution in [1.29, 1.82) is 0 Å². The molecule has 3 heterocycles. The van der Waals surface area contributed by atoms with Gasteiger partial charge < -0.3 is 5.73 Å². The first-order valence-corrected chi connectivity index (χ1v) is 7.45. The lowest BCUT2D eigenvalue weighted by molar-refractivity contribution is 0.528. The minimum atomic E-state index is -0.0907. The Morgan fingerprint density at radius 1 is 1.16 bits per heavy atom. The van der Waals surface area contributed by atoms with E-state index in [0.29, 0.717) is 5.13 Å². The molecule has 3 aromatic rings. The third kappa shape index (κ3) is 2.00. The maximum absolute atomic E-state index is 5.73. The zero-order chi connectivity index (χ0) is 13.8. The van der Waals surface area contributed by atoms with Gasteiger partial charge in [0.25, 0.3) is 0 Å². The van der Waals surface area contributed by atoms with Gasteiger partial charge in [-0.1, -0.05) is 43.4 Å². The molecule has 0 saturated carbocycles. The zero-order valence-corrected chi connectivity index (χ0v) is 12.8. The van der Waals surface area contributed by atoms with Crippen molar-refractivity contribution < 1.29 is 0 Å². The van der Waals surface area contributed by atoms with Crippen LogP contribution in [0.4, 0.5) is 5.13 Å². The molecule has 19 heavy (non-hydrogen) atoms. The maximum Gasteiger partial charge on any atom is 0.235 e. The van der Waals surface area contributed by atoms with Crippen molar-refractivity contribution in [2.75, 3.05) is 5.73 Å². The second-order valence-corrected chi connectivity index (χ2v) is 7.33. The van der Waals surface area contributed by atoms with Crippen LogP contribution in [0.3, 0.4) is 0 Å². The van der Waals surface area contributed by atoms with Gasteiger partial charge in [0.2, 0.25) is 4.96 Å². The molecule has 0 saturated heterocycles. The maximum atomic E-state index is 5.73. The van der Waals surface area contributed by atoms with Crippen LogP contribution in [0, 0.1) is 6.92 Å². The van der Waals surface area contributed by atoms with Gasteiger partial charge in [0.05, 0.1) is 10.6 Å². The van der Waals surface area contributed by atoms with Crippen LogP contribution in [0.1, 0.15) is 32.3 Å². The van der Waals surface area contributed by atoms with Gasteiger partial charge in [0.1, 0.15) is 0 Å². The Kier molecular flexibility index (Phi) is 2.61. The average molecular weight is 294 g/mol. The highest BCUT2D eigenvalue weighted by Crippen LogP contribution is 2.34. The van der Waals surface area contributed by atoms with Gasteiger partial charge in [-0.05, 0) is 6.92 Å². The molecule has 8 heteroatoms. The summed E-state index contributed by atoms with van der Waals surface area (Å²) in [5.74, 6) is 0.861. The Morgan fingerprint density at radius 2 is 1.89 bits per heavy atom. The summed E-state index contributed by atoms with van der Waals surface area (Å²) >= 11 is 2.96. The van der Waals surface area contributed by atoms with E-state index < -0.39 is 0 Å². The summed E-state index contributed by atoms with van der Waals surface area (Å²) in [6, 6.07) is 0. The van der Waals surface area contributed by atoms with Crippen molar-refractivity contribution in [2.45, 2.75) is 33.1 Å². The number of hydrogen-bond donors (Lipinski definition) is 1. The first-order valence-electron chi connectivity index (χ1n) is 5.82. The average Bonchev–Trinajstić information content (AvgIpc) is 2.88. The monoisotopic (exact) mass is 294 g/mol. The Bertz CT molecular complexity index is 745. The van der Waals surface area contributed by atoms with Crippen LogP contribution in [-0.2, 0) is 5.41 Å². The molecule has 0 radical (unpaired) electrons. The van der Waals surface area contributed by atoms with Crippen LogP contribution in [0.2, 0.25) is 0 Å². The smallest absolute Gasteiger partial charge is 0.235 e. The molecule has 2 N–H and O–H groups in total. The Morgan fingerprint density at radius 3 is 2.47 bits per heavy atom. The second-order valence-electron chi connectivity index (χ2n) is 5.34. The van der Waals surface area contributed by atoms with Crippen molar-refractivity contribution in [3.8, 4) is 9.88 Å². The topological polar surface area (TPSA) is 82.0 Å². The third-order valence-corrected chi connectivity index (χ3v) is 4.71. The largest absolute Gasteiger partial charge is 0.375 e. The normalized spacial score (nSPS) is 12.4. The molecule has 6 nitrogen and oxygen atoms in total.